The van der Waals surface area contributed by atoms with E-state index in [4.69, 9.17) is 49.5 Å². The summed E-state index contributed by atoms with van der Waals surface area (Å²) in [4.78, 5) is 0. The van der Waals surface area contributed by atoms with Gasteiger partial charge in [0.2, 0.25) is 0 Å². The van der Waals surface area contributed by atoms with Gasteiger partial charge < -0.3 is 37.9 Å². The number of hydrogen-bond acceptors (Lipinski definition) is 8. The van der Waals surface area contributed by atoms with Crippen molar-refractivity contribution in [2.45, 2.75) is 76.7 Å². The Morgan fingerprint density at radius 3 is 1.62 bits per heavy atom. The van der Waals surface area contributed by atoms with Crippen LogP contribution in [-0.2, 0) is 56.5 Å². The smallest absolute Gasteiger partial charge is 0.180 e. The Labute approximate surface area is 364 Å². The molecule has 8 nitrogen and oxygen atoms in total. The summed E-state index contributed by atoms with van der Waals surface area (Å²) in [5.74, 6) is 1.87. The van der Waals surface area contributed by atoms with E-state index in [2.05, 4.69) is 66.7 Å². The van der Waals surface area contributed by atoms with Crippen molar-refractivity contribution in [3.05, 3.63) is 196 Å². The molecule has 8 rings (SSSR count). The zero-order valence-electron chi connectivity index (χ0n) is 34.5. The van der Waals surface area contributed by atoms with E-state index < -0.39 is 30.5 Å². The maximum atomic E-state index is 7.34. The first-order valence-corrected chi connectivity index (χ1v) is 21.6. The van der Waals surface area contributed by atoms with E-state index in [1.165, 1.54) is 0 Å². The topological polar surface area (TPSA) is 73.8 Å². The molecule has 1 fully saturated rings. The van der Waals surface area contributed by atoms with Gasteiger partial charge in [-0.1, -0.05) is 145 Å². The monoisotopic (exact) mass is 840 g/mol. The van der Waals surface area contributed by atoms with E-state index in [0.29, 0.717) is 75.6 Å². The standard InChI is InChI=1S/C52H53ClO8/c1-2-55-43-26-24-37(25-27-43)30-42-31-44(47-50(46(42)53)57-29-15-28-56-47)48-51(59-34-40-20-11-5-12-21-40)52(60-35-41-22-13-6-14-23-41)49(58-33-39-18-9-4-10-19-39)45(61-48)36-54-32-38-16-7-3-8-17-38/h3-14,16-27,31,45,48-49,51-52H,2,15,28-30,32-36H2,1H3/t45-,48+,49-,51+,52+/m1/s1. The van der Waals surface area contributed by atoms with Crippen LogP contribution in [0.3, 0.4) is 0 Å². The van der Waals surface area contributed by atoms with Crippen LogP contribution in [0.25, 0.3) is 0 Å². The molecule has 0 aromatic heterocycles. The van der Waals surface area contributed by atoms with Crippen LogP contribution >= 0.6 is 11.6 Å². The molecule has 0 bridgehead atoms. The summed E-state index contributed by atoms with van der Waals surface area (Å²) in [5, 5.41) is 0.510. The SMILES string of the molecule is CCOc1ccc(Cc2cc([C@@H]3O[C@H](COCc4ccccc4)[C@@H](OCc4ccccc4)[C@H](OCc4ccccc4)[C@H]3OCc3ccccc3)c3c(c2Cl)OCCCO3)cc1. The first-order chi connectivity index (χ1) is 30.1. The molecule has 6 aromatic rings. The summed E-state index contributed by atoms with van der Waals surface area (Å²) in [6.07, 6.45) is -1.94. The fourth-order valence-electron chi connectivity index (χ4n) is 7.85. The molecule has 0 radical (unpaired) electrons. The Hall–Kier alpha value is -5.19. The fourth-order valence-corrected chi connectivity index (χ4v) is 8.11. The van der Waals surface area contributed by atoms with Crippen molar-refractivity contribution in [2.75, 3.05) is 26.4 Å². The largest absolute Gasteiger partial charge is 0.494 e. The van der Waals surface area contributed by atoms with Gasteiger partial charge in [0, 0.05) is 12.0 Å². The lowest BCUT2D eigenvalue weighted by molar-refractivity contribution is -0.275. The summed E-state index contributed by atoms with van der Waals surface area (Å²) in [6.45, 7) is 5.10. The van der Waals surface area contributed by atoms with Gasteiger partial charge in [0.25, 0.3) is 0 Å². The van der Waals surface area contributed by atoms with E-state index >= 15 is 0 Å². The van der Waals surface area contributed by atoms with Crippen LogP contribution < -0.4 is 14.2 Å². The van der Waals surface area contributed by atoms with Crippen LogP contribution in [0.4, 0.5) is 0 Å². The predicted molar refractivity (Wildman–Crippen MR) is 236 cm³/mol. The van der Waals surface area contributed by atoms with Crippen molar-refractivity contribution in [1.82, 2.24) is 0 Å². The van der Waals surface area contributed by atoms with Crippen LogP contribution in [0.1, 0.15) is 58.4 Å². The highest BCUT2D eigenvalue weighted by molar-refractivity contribution is 6.33. The normalized spacial score (nSPS) is 19.9. The third kappa shape index (κ3) is 11.2. The molecule has 5 atom stereocenters. The highest BCUT2D eigenvalue weighted by Gasteiger charge is 2.50. The number of benzene rings is 6. The summed E-state index contributed by atoms with van der Waals surface area (Å²) in [5.41, 5.74) is 6.84. The van der Waals surface area contributed by atoms with E-state index in [-0.39, 0.29) is 6.61 Å². The number of rotatable bonds is 18. The Morgan fingerprint density at radius 2 is 1.07 bits per heavy atom. The summed E-state index contributed by atoms with van der Waals surface area (Å²) in [7, 11) is 0. The first-order valence-electron chi connectivity index (χ1n) is 21.2. The quantitative estimate of drug-likeness (QED) is 0.0847. The van der Waals surface area contributed by atoms with Gasteiger partial charge in [0.15, 0.2) is 11.5 Å². The molecule has 2 aliphatic heterocycles. The van der Waals surface area contributed by atoms with E-state index in [9.17, 15) is 0 Å². The van der Waals surface area contributed by atoms with Crippen LogP contribution in [0, 0.1) is 0 Å². The Kier molecular flexibility index (Phi) is 15.0. The lowest BCUT2D eigenvalue weighted by Crippen LogP contribution is -2.58. The van der Waals surface area contributed by atoms with Gasteiger partial charge >= 0.3 is 0 Å². The van der Waals surface area contributed by atoms with Gasteiger partial charge in [-0.15, -0.1) is 0 Å². The molecule has 1 saturated heterocycles. The Balaban J connectivity index is 1.23. The molecule has 2 aliphatic rings. The second-order valence-electron chi connectivity index (χ2n) is 15.3. The van der Waals surface area contributed by atoms with Crippen LogP contribution in [0.2, 0.25) is 5.02 Å². The van der Waals surface area contributed by atoms with Gasteiger partial charge in [0.1, 0.15) is 36.3 Å². The summed E-state index contributed by atoms with van der Waals surface area (Å²) < 4.78 is 53.7. The van der Waals surface area contributed by atoms with E-state index in [1.807, 2.05) is 91.9 Å². The van der Waals surface area contributed by atoms with Crippen LogP contribution in [0.15, 0.2) is 152 Å². The van der Waals surface area contributed by atoms with E-state index in [0.717, 1.165) is 44.7 Å². The maximum Gasteiger partial charge on any atom is 0.180 e. The lowest BCUT2D eigenvalue weighted by Gasteiger charge is -2.46. The Morgan fingerprint density at radius 1 is 0.557 bits per heavy atom. The van der Waals surface area contributed by atoms with E-state index in [1.54, 1.807) is 0 Å². The second-order valence-corrected chi connectivity index (χ2v) is 15.7. The van der Waals surface area contributed by atoms with Gasteiger partial charge in [-0.05, 0) is 64.9 Å². The molecule has 0 amide bonds. The maximum absolute atomic E-state index is 7.34. The van der Waals surface area contributed by atoms with Gasteiger partial charge in [-0.2, -0.15) is 0 Å². The lowest BCUT2D eigenvalue weighted by atomic mass is 9.88. The predicted octanol–water partition coefficient (Wildman–Crippen LogP) is 10.9. The first kappa shape index (κ1) is 42.5. The summed E-state index contributed by atoms with van der Waals surface area (Å²) >= 11 is 7.28. The molecule has 61 heavy (non-hydrogen) atoms. The average molecular weight is 841 g/mol. The third-order valence-electron chi connectivity index (χ3n) is 10.9. The van der Waals surface area contributed by atoms with Crippen molar-refractivity contribution in [3.63, 3.8) is 0 Å². The minimum Gasteiger partial charge on any atom is -0.494 e. The summed E-state index contributed by atoms with van der Waals surface area (Å²) in [6, 6.07) is 50.8. The van der Waals surface area contributed by atoms with Crippen molar-refractivity contribution < 1.29 is 37.9 Å². The van der Waals surface area contributed by atoms with Gasteiger partial charge in [-0.3, -0.25) is 0 Å². The molecule has 0 spiro atoms. The van der Waals surface area contributed by atoms with Crippen molar-refractivity contribution in [1.29, 1.82) is 0 Å². The van der Waals surface area contributed by atoms with Gasteiger partial charge in [-0.25, -0.2) is 0 Å². The highest BCUT2D eigenvalue weighted by atomic mass is 35.5. The molecule has 9 heteroatoms. The molecule has 2 heterocycles. The molecule has 0 saturated carbocycles. The number of halogens is 1. The van der Waals surface area contributed by atoms with Crippen molar-refractivity contribution >= 4 is 11.6 Å². The van der Waals surface area contributed by atoms with Crippen LogP contribution in [-0.4, -0.2) is 50.8 Å². The van der Waals surface area contributed by atoms with Gasteiger partial charge in [0.05, 0.1) is 57.9 Å². The number of ether oxygens (including phenoxy) is 8. The minimum absolute atomic E-state index is 0.230. The zero-order valence-corrected chi connectivity index (χ0v) is 35.3. The second kappa shape index (κ2) is 21.6. The molecule has 0 N–H and O–H groups in total. The van der Waals surface area contributed by atoms with Crippen molar-refractivity contribution in [3.8, 4) is 17.2 Å². The third-order valence-corrected chi connectivity index (χ3v) is 11.3. The molecule has 316 valence electrons. The minimum atomic E-state index is -0.710. The average Bonchev–Trinajstić information content (AvgIpc) is 3.57. The number of fused-ring (bicyclic) bond motifs is 1. The Bertz CT molecular complexity index is 2220. The van der Waals surface area contributed by atoms with Crippen LogP contribution in [0.5, 0.6) is 17.2 Å². The molecular formula is C52H53ClO8. The highest BCUT2D eigenvalue weighted by Crippen LogP contribution is 2.49. The van der Waals surface area contributed by atoms with Crippen molar-refractivity contribution in [2.24, 2.45) is 0 Å². The zero-order chi connectivity index (χ0) is 41.6. The molecule has 0 unspecified atom stereocenters. The fraction of sp³-hybridized carbons (Fsp3) is 0.308. The molecule has 0 aliphatic carbocycles. The molecular weight excluding hydrogens is 788 g/mol. The number of hydrogen-bond donors (Lipinski definition) is 0. The molecule has 6 aromatic carbocycles.